The van der Waals surface area contributed by atoms with Crippen LogP contribution in [0.1, 0.15) is 37.6 Å². The van der Waals surface area contributed by atoms with Gasteiger partial charge in [-0.2, -0.15) is 0 Å². The summed E-state index contributed by atoms with van der Waals surface area (Å²) in [6, 6.07) is 2.66. The maximum atomic E-state index is 5.15. The molecule has 1 aromatic rings. The highest BCUT2D eigenvalue weighted by Crippen LogP contribution is 2.24. The van der Waals surface area contributed by atoms with Crippen LogP contribution in [-0.2, 0) is 6.54 Å². The highest BCUT2D eigenvalue weighted by Gasteiger charge is 2.22. The summed E-state index contributed by atoms with van der Waals surface area (Å²) >= 11 is 0. The molecule has 78 valence electrons. The Morgan fingerprint density at radius 2 is 2.43 bits per heavy atom. The second-order valence-electron chi connectivity index (χ2n) is 4.33. The van der Waals surface area contributed by atoms with E-state index in [9.17, 15) is 0 Å². The van der Waals surface area contributed by atoms with Crippen molar-refractivity contribution in [3.63, 3.8) is 0 Å². The van der Waals surface area contributed by atoms with E-state index in [1.807, 2.05) is 13.0 Å². The molecule has 1 fully saturated rings. The van der Waals surface area contributed by atoms with Crippen molar-refractivity contribution in [3.8, 4) is 0 Å². The molecule has 14 heavy (non-hydrogen) atoms. The zero-order valence-electron chi connectivity index (χ0n) is 8.92. The van der Waals surface area contributed by atoms with E-state index in [2.05, 4.69) is 17.4 Å². The highest BCUT2D eigenvalue weighted by molar-refractivity contribution is 5.02. The van der Waals surface area contributed by atoms with Gasteiger partial charge in [-0.1, -0.05) is 18.5 Å². The molecule has 3 nitrogen and oxygen atoms in total. The second kappa shape index (κ2) is 4.13. The summed E-state index contributed by atoms with van der Waals surface area (Å²) in [6.07, 6.45) is 4.01. The number of nitrogens with one attached hydrogen (secondary N) is 1. The Labute approximate surface area is 84.9 Å². The monoisotopic (exact) mass is 194 g/mol. The summed E-state index contributed by atoms with van der Waals surface area (Å²) < 4.78 is 5.15. The van der Waals surface area contributed by atoms with E-state index < -0.39 is 0 Å². The molecule has 0 bridgehead atoms. The molecule has 2 rings (SSSR count). The van der Waals surface area contributed by atoms with Crippen LogP contribution in [0.5, 0.6) is 0 Å². The van der Waals surface area contributed by atoms with Gasteiger partial charge in [-0.15, -0.1) is 0 Å². The van der Waals surface area contributed by atoms with Gasteiger partial charge in [0.25, 0.3) is 0 Å². The lowest BCUT2D eigenvalue weighted by Crippen LogP contribution is -2.30. The second-order valence-corrected chi connectivity index (χ2v) is 4.33. The van der Waals surface area contributed by atoms with E-state index in [0.29, 0.717) is 6.04 Å². The van der Waals surface area contributed by atoms with Crippen LogP contribution < -0.4 is 5.32 Å². The highest BCUT2D eigenvalue weighted by atomic mass is 16.5. The number of hydrogen-bond acceptors (Lipinski definition) is 3. The molecular formula is C11H18N2O. The number of aryl methyl sites for hydroxylation is 1. The Kier molecular flexibility index (Phi) is 2.87. The molecule has 1 saturated carbocycles. The van der Waals surface area contributed by atoms with Crippen molar-refractivity contribution >= 4 is 0 Å². The normalized spacial score (nSPS) is 27.0. The molecule has 2 unspecified atom stereocenters. The third kappa shape index (κ3) is 2.15. The van der Waals surface area contributed by atoms with E-state index in [4.69, 9.17) is 4.52 Å². The molecule has 0 spiro atoms. The molecule has 0 aliphatic heterocycles. The lowest BCUT2D eigenvalue weighted by molar-refractivity contribution is 0.346. The fraction of sp³-hybridized carbons (Fsp3) is 0.727. The van der Waals surface area contributed by atoms with Crippen molar-refractivity contribution in [1.82, 2.24) is 10.5 Å². The Morgan fingerprint density at radius 3 is 3.00 bits per heavy atom. The van der Waals surface area contributed by atoms with Gasteiger partial charge in [-0.3, -0.25) is 0 Å². The molecule has 1 heterocycles. The van der Waals surface area contributed by atoms with Gasteiger partial charge in [0, 0.05) is 12.1 Å². The largest absolute Gasteiger partial charge is 0.360 e. The number of hydrogen-bond donors (Lipinski definition) is 1. The first-order valence-electron chi connectivity index (χ1n) is 5.41. The summed E-state index contributed by atoms with van der Waals surface area (Å²) in [7, 11) is 0. The number of aromatic nitrogens is 1. The molecule has 1 aliphatic rings. The van der Waals surface area contributed by atoms with E-state index >= 15 is 0 Å². The standard InChI is InChI=1S/C11H18N2O/c1-8-4-3-5-11(8)12-7-10-6-9(2)13-14-10/h6,8,11-12H,3-5,7H2,1-2H3. The van der Waals surface area contributed by atoms with Gasteiger partial charge in [0.05, 0.1) is 12.2 Å². The minimum Gasteiger partial charge on any atom is -0.360 e. The van der Waals surface area contributed by atoms with Crippen molar-refractivity contribution in [2.45, 2.75) is 45.7 Å². The predicted octanol–water partition coefficient (Wildman–Crippen LogP) is 2.26. The molecule has 2 atom stereocenters. The van der Waals surface area contributed by atoms with Crippen LogP contribution in [0.25, 0.3) is 0 Å². The summed E-state index contributed by atoms with van der Waals surface area (Å²) in [5, 5.41) is 7.39. The molecule has 0 saturated heterocycles. The zero-order valence-corrected chi connectivity index (χ0v) is 8.92. The molecule has 1 N–H and O–H groups in total. The van der Waals surface area contributed by atoms with Crippen molar-refractivity contribution in [3.05, 3.63) is 17.5 Å². The van der Waals surface area contributed by atoms with Gasteiger partial charge in [-0.05, 0) is 25.7 Å². The van der Waals surface area contributed by atoms with Gasteiger partial charge < -0.3 is 9.84 Å². The zero-order chi connectivity index (χ0) is 9.97. The Bertz CT molecular complexity index is 295. The smallest absolute Gasteiger partial charge is 0.150 e. The van der Waals surface area contributed by atoms with Crippen LogP contribution in [0.3, 0.4) is 0 Å². The summed E-state index contributed by atoms with van der Waals surface area (Å²) in [6.45, 7) is 5.08. The van der Waals surface area contributed by atoms with Crippen LogP contribution >= 0.6 is 0 Å². The summed E-state index contributed by atoms with van der Waals surface area (Å²) in [5.74, 6) is 1.75. The lowest BCUT2D eigenvalue weighted by atomic mass is 10.1. The average molecular weight is 194 g/mol. The molecule has 1 aromatic heterocycles. The van der Waals surface area contributed by atoms with Crippen molar-refractivity contribution in [2.75, 3.05) is 0 Å². The maximum Gasteiger partial charge on any atom is 0.150 e. The fourth-order valence-corrected chi connectivity index (χ4v) is 2.18. The minimum atomic E-state index is 0.667. The van der Waals surface area contributed by atoms with Crippen LogP contribution in [-0.4, -0.2) is 11.2 Å². The first-order valence-corrected chi connectivity index (χ1v) is 5.41. The molecule has 0 radical (unpaired) electrons. The van der Waals surface area contributed by atoms with E-state index in [-0.39, 0.29) is 0 Å². The Morgan fingerprint density at radius 1 is 1.57 bits per heavy atom. The van der Waals surface area contributed by atoms with Crippen molar-refractivity contribution < 1.29 is 4.52 Å². The minimum absolute atomic E-state index is 0.667. The van der Waals surface area contributed by atoms with Crippen molar-refractivity contribution in [2.24, 2.45) is 5.92 Å². The SMILES string of the molecule is Cc1cc(CNC2CCCC2C)on1. The van der Waals surface area contributed by atoms with Gasteiger partial charge in [0.15, 0.2) is 5.76 Å². The topological polar surface area (TPSA) is 38.1 Å². The van der Waals surface area contributed by atoms with E-state index in [0.717, 1.165) is 23.9 Å². The van der Waals surface area contributed by atoms with Crippen LogP contribution in [0.15, 0.2) is 10.6 Å². The summed E-state index contributed by atoms with van der Waals surface area (Å²) in [5.41, 5.74) is 0.960. The predicted molar refractivity (Wildman–Crippen MR) is 54.9 cm³/mol. The third-order valence-corrected chi connectivity index (χ3v) is 3.08. The first-order chi connectivity index (χ1) is 6.75. The van der Waals surface area contributed by atoms with Crippen molar-refractivity contribution in [1.29, 1.82) is 0 Å². The van der Waals surface area contributed by atoms with E-state index in [1.165, 1.54) is 19.3 Å². The van der Waals surface area contributed by atoms with Gasteiger partial charge >= 0.3 is 0 Å². The van der Waals surface area contributed by atoms with Crippen LogP contribution in [0.4, 0.5) is 0 Å². The van der Waals surface area contributed by atoms with Crippen LogP contribution in [0, 0.1) is 12.8 Å². The Balaban J connectivity index is 1.82. The number of rotatable bonds is 3. The maximum absolute atomic E-state index is 5.15. The quantitative estimate of drug-likeness (QED) is 0.802. The Hall–Kier alpha value is -0.830. The van der Waals surface area contributed by atoms with E-state index in [1.54, 1.807) is 0 Å². The molecule has 0 amide bonds. The lowest BCUT2D eigenvalue weighted by Gasteiger charge is -2.15. The molecule has 3 heteroatoms. The molecule has 0 aromatic carbocycles. The van der Waals surface area contributed by atoms with Gasteiger partial charge in [0.1, 0.15) is 0 Å². The van der Waals surface area contributed by atoms with Crippen LogP contribution in [0.2, 0.25) is 0 Å². The molecular weight excluding hydrogens is 176 g/mol. The first kappa shape index (κ1) is 9.71. The fourth-order valence-electron chi connectivity index (χ4n) is 2.18. The molecule has 1 aliphatic carbocycles. The third-order valence-electron chi connectivity index (χ3n) is 3.08. The van der Waals surface area contributed by atoms with Gasteiger partial charge in [0.2, 0.25) is 0 Å². The summed E-state index contributed by atoms with van der Waals surface area (Å²) in [4.78, 5) is 0. The average Bonchev–Trinajstić information content (AvgIpc) is 2.72. The number of nitrogens with zero attached hydrogens (tertiary/aromatic N) is 1. The van der Waals surface area contributed by atoms with Gasteiger partial charge in [-0.25, -0.2) is 0 Å².